The first-order valence-corrected chi connectivity index (χ1v) is 17.5. The Bertz CT molecular complexity index is 1890. The average molecular weight is 758 g/mol. The summed E-state index contributed by atoms with van der Waals surface area (Å²) in [5.74, 6) is -1.43. The minimum atomic E-state index is -5.31. The highest BCUT2D eigenvalue weighted by Crippen LogP contribution is 2.41. The van der Waals surface area contributed by atoms with Gasteiger partial charge in [-0.15, -0.1) is 0 Å². The van der Waals surface area contributed by atoms with Crippen molar-refractivity contribution in [3.63, 3.8) is 0 Å². The fourth-order valence-corrected chi connectivity index (χ4v) is 5.85. The molecule has 9 nitrogen and oxygen atoms in total. The van der Waals surface area contributed by atoms with Crippen LogP contribution >= 0.6 is 11.6 Å². The molecule has 1 aliphatic rings. The van der Waals surface area contributed by atoms with E-state index in [4.69, 9.17) is 25.8 Å². The standard InChI is InChI=1S/C39H40ClF4N3O6/c1-3-7-25(16-17-45-37(49)52-22-24-8-5-4-6-9-24)28-19-32(26-10-14-31(41)30(40)18-26)47-35(21-28)38(50,39(42,43)44)23-46-36(48)27-11-15-33(34(20-27)51-2)53-29-12-13-29/h4-6,8-11,14-15,18-21,25,29,50H,3,7,12-13,16-17,22-23H2,1-2H3,(H,45,49)(H,46,48). The number of carbonyl (C=O) groups excluding carboxylic acids is 2. The van der Waals surface area contributed by atoms with Gasteiger partial charge < -0.3 is 30.0 Å². The molecule has 1 aromatic heterocycles. The Balaban J connectivity index is 1.42. The van der Waals surface area contributed by atoms with Gasteiger partial charge in [0.15, 0.2) is 11.5 Å². The monoisotopic (exact) mass is 757 g/mol. The first-order valence-electron chi connectivity index (χ1n) is 17.2. The third-order valence-electron chi connectivity index (χ3n) is 8.79. The number of alkyl halides is 3. The maximum Gasteiger partial charge on any atom is 0.424 e. The van der Waals surface area contributed by atoms with E-state index in [1.807, 2.05) is 37.3 Å². The molecule has 0 aliphatic heterocycles. The Kier molecular flexibility index (Phi) is 12.8. The maximum atomic E-state index is 15.0. The minimum Gasteiger partial charge on any atom is -0.493 e. The zero-order valence-corrected chi connectivity index (χ0v) is 29.9. The number of pyridine rings is 1. The van der Waals surface area contributed by atoms with Gasteiger partial charge in [0.2, 0.25) is 5.60 Å². The number of amides is 2. The quantitative estimate of drug-likeness (QED) is 0.0982. The van der Waals surface area contributed by atoms with Crippen molar-refractivity contribution < 1.29 is 46.5 Å². The molecule has 2 atom stereocenters. The fraction of sp³-hybridized carbons (Fsp3) is 0.359. The molecule has 53 heavy (non-hydrogen) atoms. The molecule has 2 unspecified atom stereocenters. The predicted octanol–water partition coefficient (Wildman–Crippen LogP) is 8.47. The molecule has 3 aromatic carbocycles. The number of benzene rings is 3. The Morgan fingerprint density at radius 2 is 1.74 bits per heavy atom. The van der Waals surface area contributed by atoms with E-state index < -0.39 is 47.8 Å². The molecule has 0 bridgehead atoms. The van der Waals surface area contributed by atoms with E-state index in [0.717, 1.165) is 30.5 Å². The van der Waals surface area contributed by atoms with Crippen molar-refractivity contribution in [2.75, 3.05) is 20.2 Å². The molecule has 4 aromatic rings. The van der Waals surface area contributed by atoms with Crippen molar-refractivity contribution in [3.05, 3.63) is 112 Å². The van der Waals surface area contributed by atoms with Gasteiger partial charge in [-0.3, -0.25) is 4.79 Å². The number of nitrogens with one attached hydrogen (secondary N) is 2. The highest BCUT2D eigenvalue weighted by Gasteiger charge is 2.56. The van der Waals surface area contributed by atoms with Gasteiger partial charge in [0, 0.05) is 17.7 Å². The van der Waals surface area contributed by atoms with Crippen molar-refractivity contribution >= 4 is 23.6 Å². The summed E-state index contributed by atoms with van der Waals surface area (Å²) in [5, 5.41) is 16.1. The number of carbonyl (C=O) groups is 2. The van der Waals surface area contributed by atoms with Gasteiger partial charge in [-0.25, -0.2) is 14.2 Å². The Labute approximate surface area is 309 Å². The molecule has 2 amide bonds. The molecule has 5 rings (SSSR count). The number of methoxy groups -OCH3 is 1. The van der Waals surface area contributed by atoms with Crippen LogP contribution in [0.3, 0.4) is 0 Å². The molecule has 1 fully saturated rings. The lowest BCUT2D eigenvalue weighted by atomic mass is 9.87. The molecular weight excluding hydrogens is 718 g/mol. The summed E-state index contributed by atoms with van der Waals surface area (Å²) in [4.78, 5) is 29.8. The molecule has 14 heteroatoms. The zero-order valence-electron chi connectivity index (χ0n) is 29.1. The molecule has 0 saturated heterocycles. The van der Waals surface area contributed by atoms with E-state index in [2.05, 4.69) is 15.6 Å². The molecule has 1 saturated carbocycles. The molecule has 0 spiro atoms. The number of rotatable bonds is 16. The van der Waals surface area contributed by atoms with E-state index in [1.165, 1.54) is 37.4 Å². The maximum absolute atomic E-state index is 15.0. The Morgan fingerprint density at radius 3 is 2.40 bits per heavy atom. The lowest BCUT2D eigenvalue weighted by Gasteiger charge is -2.31. The van der Waals surface area contributed by atoms with Crippen LogP contribution in [0.4, 0.5) is 22.4 Å². The van der Waals surface area contributed by atoms with Crippen LogP contribution in [0.25, 0.3) is 11.3 Å². The first-order chi connectivity index (χ1) is 25.3. The third kappa shape index (κ3) is 10.2. The van der Waals surface area contributed by atoms with Gasteiger partial charge >= 0.3 is 12.3 Å². The molecular formula is C39H40ClF4N3O6. The number of nitrogens with zero attached hydrogens (tertiary/aromatic N) is 1. The van der Waals surface area contributed by atoms with Gasteiger partial charge in [0.1, 0.15) is 12.4 Å². The summed E-state index contributed by atoms with van der Waals surface area (Å²) in [7, 11) is 1.38. The number of alkyl carbamates (subject to hydrolysis) is 1. The second-order valence-electron chi connectivity index (χ2n) is 12.8. The third-order valence-corrected chi connectivity index (χ3v) is 9.08. The van der Waals surface area contributed by atoms with E-state index in [1.54, 1.807) is 6.07 Å². The van der Waals surface area contributed by atoms with Crippen LogP contribution in [0, 0.1) is 5.82 Å². The van der Waals surface area contributed by atoms with Crippen LogP contribution in [0.5, 0.6) is 11.5 Å². The summed E-state index contributed by atoms with van der Waals surface area (Å²) >= 11 is 6.03. The van der Waals surface area contributed by atoms with Crippen molar-refractivity contribution in [1.29, 1.82) is 0 Å². The van der Waals surface area contributed by atoms with Crippen LogP contribution in [-0.2, 0) is 16.9 Å². The van der Waals surface area contributed by atoms with Gasteiger partial charge in [-0.1, -0.05) is 55.3 Å². The fourth-order valence-electron chi connectivity index (χ4n) is 5.67. The number of halogens is 5. The van der Waals surface area contributed by atoms with Gasteiger partial charge in [-0.05, 0) is 91.3 Å². The predicted molar refractivity (Wildman–Crippen MR) is 190 cm³/mol. The minimum absolute atomic E-state index is 0.0132. The molecule has 282 valence electrons. The van der Waals surface area contributed by atoms with E-state index in [-0.39, 0.29) is 46.8 Å². The Morgan fingerprint density at radius 1 is 0.981 bits per heavy atom. The topological polar surface area (TPSA) is 119 Å². The van der Waals surface area contributed by atoms with Crippen LogP contribution in [0.15, 0.2) is 78.9 Å². The Hall–Kier alpha value is -4.88. The van der Waals surface area contributed by atoms with Crippen LogP contribution in [0.1, 0.15) is 72.1 Å². The van der Waals surface area contributed by atoms with E-state index >= 15 is 0 Å². The normalized spacial score (nSPS) is 14.5. The zero-order chi connectivity index (χ0) is 38.2. The lowest BCUT2D eigenvalue weighted by Crippen LogP contribution is -2.51. The number of ether oxygens (including phenoxy) is 3. The van der Waals surface area contributed by atoms with Crippen molar-refractivity contribution in [3.8, 4) is 22.8 Å². The smallest absolute Gasteiger partial charge is 0.424 e. The largest absolute Gasteiger partial charge is 0.493 e. The molecule has 0 radical (unpaired) electrons. The molecule has 1 aliphatic carbocycles. The number of aromatic nitrogens is 1. The average Bonchev–Trinajstić information content (AvgIpc) is 3.97. The van der Waals surface area contributed by atoms with Crippen LogP contribution in [-0.4, -0.2) is 54.6 Å². The SMILES string of the molecule is CCCC(CCNC(=O)OCc1ccccc1)c1cc(-c2ccc(F)c(Cl)c2)nc(C(O)(CNC(=O)c2ccc(OC3CC3)c(OC)c2)C(F)(F)F)c1. The summed E-state index contributed by atoms with van der Waals surface area (Å²) in [6, 6.07) is 19.6. The second-order valence-corrected chi connectivity index (χ2v) is 13.2. The van der Waals surface area contributed by atoms with Crippen LogP contribution < -0.4 is 20.1 Å². The van der Waals surface area contributed by atoms with Crippen molar-refractivity contribution in [2.24, 2.45) is 0 Å². The highest BCUT2D eigenvalue weighted by molar-refractivity contribution is 6.31. The number of hydrogen-bond donors (Lipinski definition) is 3. The number of hydrogen-bond acceptors (Lipinski definition) is 7. The van der Waals surface area contributed by atoms with Gasteiger partial charge in [0.25, 0.3) is 5.91 Å². The summed E-state index contributed by atoms with van der Waals surface area (Å²) in [6.45, 7) is 0.799. The number of aliphatic hydroxyl groups is 1. The van der Waals surface area contributed by atoms with E-state index in [9.17, 15) is 32.3 Å². The van der Waals surface area contributed by atoms with Gasteiger partial charge in [0.05, 0.1) is 36.2 Å². The summed E-state index contributed by atoms with van der Waals surface area (Å²) in [5.41, 5.74) is -3.11. The lowest BCUT2D eigenvalue weighted by molar-refractivity contribution is -0.265. The van der Waals surface area contributed by atoms with E-state index in [0.29, 0.717) is 30.6 Å². The summed E-state index contributed by atoms with van der Waals surface area (Å²) < 4.78 is 75.3. The van der Waals surface area contributed by atoms with Crippen molar-refractivity contribution in [2.45, 2.75) is 69.4 Å². The first kappa shape index (κ1) is 39.3. The van der Waals surface area contributed by atoms with Gasteiger partial charge in [-0.2, -0.15) is 13.2 Å². The van der Waals surface area contributed by atoms with Crippen LogP contribution in [0.2, 0.25) is 5.02 Å². The van der Waals surface area contributed by atoms with Crippen molar-refractivity contribution in [1.82, 2.24) is 15.6 Å². The highest BCUT2D eigenvalue weighted by atomic mass is 35.5. The second kappa shape index (κ2) is 17.3. The summed E-state index contributed by atoms with van der Waals surface area (Å²) in [6.07, 6.45) is -2.74. The molecule has 3 N–H and O–H groups in total. The molecule has 1 heterocycles.